The smallest absolute Gasteiger partial charge is 0.326 e. The van der Waals surface area contributed by atoms with Crippen molar-refractivity contribution in [1.82, 2.24) is 15.5 Å². The Labute approximate surface area is 97.0 Å². The lowest BCUT2D eigenvalue weighted by Gasteiger charge is -2.15. The Morgan fingerprint density at radius 2 is 2.18 bits per heavy atom. The van der Waals surface area contributed by atoms with E-state index in [0.717, 1.165) is 4.90 Å². The van der Waals surface area contributed by atoms with Gasteiger partial charge in [-0.05, 0) is 6.42 Å². The molecule has 8 nitrogen and oxygen atoms in total. The molecule has 1 fully saturated rings. The Morgan fingerprint density at radius 3 is 2.59 bits per heavy atom. The molecule has 3 N–H and O–H groups in total. The summed E-state index contributed by atoms with van der Waals surface area (Å²) in [6.45, 7) is 1.00. The number of nitrogens with one attached hydrogen (secondary N) is 2. The number of nitrogens with zero attached hydrogens (tertiary/aromatic N) is 1. The van der Waals surface area contributed by atoms with Gasteiger partial charge in [0.15, 0.2) is 0 Å². The molecule has 0 aromatic rings. The van der Waals surface area contributed by atoms with E-state index in [1.54, 1.807) is 6.92 Å². The normalized spacial score (nSPS) is 16.6. The number of amides is 4. The molecule has 0 unspecified atom stereocenters. The highest BCUT2D eigenvalue weighted by Gasteiger charge is 2.31. The lowest BCUT2D eigenvalue weighted by atomic mass is 10.2. The molecule has 17 heavy (non-hydrogen) atoms. The molecule has 1 aliphatic heterocycles. The number of carboxylic acid groups (broad SMARTS) is 1. The highest BCUT2D eigenvalue weighted by molar-refractivity contribution is 6.04. The van der Waals surface area contributed by atoms with Crippen molar-refractivity contribution in [3.8, 4) is 0 Å². The Balaban J connectivity index is 2.52. The molecule has 0 aliphatic carbocycles. The van der Waals surface area contributed by atoms with Gasteiger partial charge in [-0.25, -0.2) is 9.59 Å². The van der Waals surface area contributed by atoms with Crippen LogP contribution in [0.3, 0.4) is 0 Å². The molecule has 0 radical (unpaired) electrons. The molecule has 1 saturated heterocycles. The number of aliphatic carboxylic acids is 1. The van der Waals surface area contributed by atoms with Gasteiger partial charge in [0.25, 0.3) is 5.91 Å². The van der Waals surface area contributed by atoms with Gasteiger partial charge in [0.05, 0.1) is 6.54 Å². The third-order valence-electron chi connectivity index (χ3n) is 2.28. The second kappa shape index (κ2) is 5.28. The van der Waals surface area contributed by atoms with Crippen LogP contribution in [0.1, 0.15) is 13.3 Å². The molecule has 8 heteroatoms. The highest BCUT2D eigenvalue weighted by Crippen LogP contribution is 1.99. The van der Waals surface area contributed by atoms with E-state index in [0.29, 0.717) is 0 Å². The fourth-order valence-electron chi connectivity index (χ4n) is 1.34. The highest BCUT2D eigenvalue weighted by atomic mass is 16.4. The van der Waals surface area contributed by atoms with Crippen LogP contribution in [0.5, 0.6) is 0 Å². The van der Waals surface area contributed by atoms with Crippen LogP contribution in [0.2, 0.25) is 0 Å². The van der Waals surface area contributed by atoms with Gasteiger partial charge in [-0.2, -0.15) is 0 Å². The number of imide groups is 1. The average molecular weight is 243 g/mol. The number of carbonyl (C=O) groups excluding carboxylic acids is 3. The first kappa shape index (κ1) is 12.9. The number of rotatable bonds is 5. The van der Waals surface area contributed by atoms with Gasteiger partial charge < -0.3 is 15.7 Å². The maximum absolute atomic E-state index is 11.4. The summed E-state index contributed by atoms with van der Waals surface area (Å²) in [4.78, 5) is 45.1. The maximum Gasteiger partial charge on any atom is 0.326 e. The fraction of sp³-hybridized carbons (Fsp3) is 0.556. The lowest BCUT2D eigenvalue weighted by Crippen LogP contribution is -2.46. The Hall–Kier alpha value is -2.12. The van der Waals surface area contributed by atoms with Crippen LogP contribution in [-0.4, -0.2) is 53.0 Å². The largest absolute Gasteiger partial charge is 0.480 e. The Kier molecular flexibility index (Phi) is 4.02. The molecule has 94 valence electrons. The minimum absolute atomic E-state index is 0.137. The van der Waals surface area contributed by atoms with Gasteiger partial charge >= 0.3 is 12.0 Å². The molecule has 0 spiro atoms. The summed E-state index contributed by atoms with van der Waals surface area (Å²) in [7, 11) is 0. The Bertz CT molecular complexity index is 352. The van der Waals surface area contributed by atoms with E-state index in [4.69, 9.17) is 5.11 Å². The van der Waals surface area contributed by atoms with E-state index in [1.807, 2.05) is 0 Å². The van der Waals surface area contributed by atoms with Crippen LogP contribution >= 0.6 is 0 Å². The minimum Gasteiger partial charge on any atom is -0.480 e. The van der Waals surface area contributed by atoms with E-state index in [2.05, 4.69) is 10.6 Å². The van der Waals surface area contributed by atoms with Gasteiger partial charge in [-0.15, -0.1) is 0 Å². The third kappa shape index (κ3) is 3.16. The molecule has 1 heterocycles. The second-order valence-corrected chi connectivity index (χ2v) is 3.51. The second-order valence-electron chi connectivity index (χ2n) is 3.51. The van der Waals surface area contributed by atoms with Crippen LogP contribution in [0.4, 0.5) is 4.79 Å². The zero-order valence-electron chi connectivity index (χ0n) is 9.23. The topological polar surface area (TPSA) is 116 Å². The van der Waals surface area contributed by atoms with Crippen molar-refractivity contribution >= 4 is 23.8 Å². The SMILES string of the molecule is CC[C@@H](NC(=O)CN1C(=O)CNC1=O)C(=O)O. The molecular weight excluding hydrogens is 230 g/mol. The van der Waals surface area contributed by atoms with Crippen molar-refractivity contribution in [2.75, 3.05) is 13.1 Å². The number of carbonyl (C=O) groups is 4. The quantitative estimate of drug-likeness (QED) is 0.509. The van der Waals surface area contributed by atoms with E-state index in [1.165, 1.54) is 0 Å². The first-order valence-corrected chi connectivity index (χ1v) is 5.06. The standard InChI is InChI=1S/C9H13N3O5/c1-2-5(8(15)16)11-6(13)4-12-7(14)3-10-9(12)17/h5H,2-4H2,1H3,(H,10,17)(H,11,13)(H,15,16)/t5-/m1/s1. The first-order valence-electron chi connectivity index (χ1n) is 5.06. The van der Waals surface area contributed by atoms with Gasteiger partial charge in [-0.3, -0.25) is 14.5 Å². The molecule has 0 aromatic carbocycles. The lowest BCUT2D eigenvalue weighted by molar-refractivity contribution is -0.142. The number of hydrogen-bond acceptors (Lipinski definition) is 4. The molecule has 1 aliphatic rings. The van der Waals surface area contributed by atoms with Crippen LogP contribution in [0, 0.1) is 0 Å². The summed E-state index contributed by atoms with van der Waals surface area (Å²) in [5.74, 6) is -2.34. The molecule has 0 saturated carbocycles. The van der Waals surface area contributed by atoms with Crippen molar-refractivity contribution in [3.05, 3.63) is 0 Å². The molecule has 0 bridgehead atoms. The van der Waals surface area contributed by atoms with E-state index >= 15 is 0 Å². The van der Waals surface area contributed by atoms with Crippen LogP contribution < -0.4 is 10.6 Å². The number of hydrogen-bond donors (Lipinski definition) is 3. The van der Waals surface area contributed by atoms with Crippen LogP contribution in [-0.2, 0) is 14.4 Å². The zero-order valence-corrected chi connectivity index (χ0v) is 9.23. The molecule has 1 rings (SSSR count). The predicted molar refractivity (Wildman–Crippen MR) is 55.0 cm³/mol. The Morgan fingerprint density at radius 1 is 1.53 bits per heavy atom. The zero-order chi connectivity index (χ0) is 13.0. The van der Waals surface area contributed by atoms with Crippen molar-refractivity contribution in [3.63, 3.8) is 0 Å². The van der Waals surface area contributed by atoms with E-state index in [-0.39, 0.29) is 13.0 Å². The summed E-state index contributed by atoms with van der Waals surface area (Å²) in [5.41, 5.74) is 0. The summed E-state index contributed by atoms with van der Waals surface area (Å²) in [6, 6.07) is -1.66. The van der Waals surface area contributed by atoms with Gasteiger partial charge in [0.2, 0.25) is 5.91 Å². The van der Waals surface area contributed by atoms with Crippen LogP contribution in [0.15, 0.2) is 0 Å². The summed E-state index contributed by atoms with van der Waals surface area (Å²) >= 11 is 0. The predicted octanol–water partition coefficient (Wildman–Crippen LogP) is -1.48. The first-order chi connectivity index (χ1) is 7.95. The molecule has 0 aromatic heterocycles. The summed E-state index contributed by atoms with van der Waals surface area (Å²) in [5, 5.41) is 13.2. The fourth-order valence-corrected chi connectivity index (χ4v) is 1.34. The summed E-state index contributed by atoms with van der Waals surface area (Å²) < 4.78 is 0. The van der Waals surface area contributed by atoms with Crippen LogP contribution in [0.25, 0.3) is 0 Å². The van der Waals surface area contributed by atoms with E-state index in [9.17, 15) is 19.2 Å². The van der Waals surface area contributed by atoms with Crippen molar-refractivity contribution in [2.24, 2.45) is 0 Å². The van der Waals surface area contributed by atoms with E-state index < -0.39 is 36.4 Å². The van der Waals surface area contributed by atoms with Crippen molar-refractivity contribution in [1.29, 1.82) is 0 Å². The molecule has 1 atom stereocenters. The van der Waals surface area contributed by atoms with Crippen molar-refractivity contribution < 1.29 is 24.3 Å². The van der Waals surface area contributed by atoms with Crippen molar-refractivity contribution in [2.45, 2.75) is 19.4 Å². The number of carboxylic acids is 1. The van der Waals surface area contributed by atoms with Gasteiger partial charge in [0, 0.05) is 0 Å². The molecule has 4 amide bonds. The average Bonchev–Trinajstić information content (AvgIpc) is 2.57. The summed E-state index contributed by atoms with van der Waals surface area (Å²) in [6.07, 6.45) is 0.223. The minimum atomic E-state index is -1.15. The maximum atomic E-state index is 11.4. The monoisotopic (exact) mass is 243 g/mol. The molecular formula is C9H13N3O5. The number of urea groups is 1. The third-order valence-corrected chi connectivity index (χ3v) is 2.28. The van der Waals surface area contributed by atoms with Gasteiger partial charge in [-0.1, -0.05) is 6.92 Å². The van der Waals surface area contributed by atoms with Gasteiger partial charge in [0.1, 0.15) is 12.6 Å².